The Morgan fingerprint density at radius 3 is 2.07 bits per heavy atom. The lowest BCUT2D eigenvalue weighted by atomic mass is 9.59. The van der Waals surface area contributed by atoms with Crippen LogP contribution < -0.4 is 4.74 Å². The van der Waals surface area contributed by atoms with Crippen LogP contribution in [0.3, 0.4) is 0 Å². The average Bonchev–Trinajstić information content (AvgIpc) is 3.45. The lowest BCUT2D eigenvalue weighted by Gasteiger charge is -2.46. The first-order valence-electron chi connectivity index (χ1n) is 19.8. The summed E-state index contributed by atoms with van der Waals surface area (Å²) in [7, 11) is 0. The molecule has 0 heterocycles. The van der Waals surface area contributed by atoms with E-state index in [0.29, 0.717) is 24.0 Å². The van der Waals surface area contributed by atoms with Crippen LogP contribution in [-0.4, -0.2) is 52.9 Å². The Morgan fingerprint density at radius 1 is 0.870 bits per heavy atom. The van der Waals surface area contributed by atoms with Gasteiger partial charge < -0.3 is 24.4 Å². The highest BCUT2D eigenvalue weighted by molar-refractivity contribution is 5.83. The molecule has 0 spiro atoms. The van der Waals surface area contributed by atoms with Gasteiger partial charge in [0.05, 0.1) is 22.9 Å². The smallest absolute Gasteiger partial charge is 0.312 e. The van der Waals surface area contributed by atoms with Crippen molar-refractivity contribution in [1.82, 2.24) is 0 Å². The lowest BCUT2D eigenvalue weighted by molar-refractivity contribution is -0.182. The maximum Gasteiger partial charge on any atom is 0.312 e. The molecule has 2 N–H and O–H groups in total. The van der Waals surface area contributed by atoms with E-state index in [-0.39, 0.29) is 49.8 Å². The third kappa shape index (κ3) is 8.56. The van der Waals surface area contributed by atoms with Gasteiger partial charge in [-0.15, -0.1) is 0 Å². The fourth-order valence-electron chi connectivity index (χ4n) is 11.3. The number of carboxylic acid groups (broad SMARTS) is 1. The molecule has 9 nitrogen and oxygen atoms in total. The number of benzene rings is 2. The van der Waals surface area contributed by atoms with Crippen molar-refractivity contribution in [3.05, 3.63) is 65.7 Å². The van der Waals surface area contributed by atoms with Crippen LogP contribution in [0.25, 0.3) is 0 Å². The molecule has 0 saturated heterocycles. The van der Waals surface area contributed by atoms with Crippen LogP contribution in [0.2, 0.25) is 0 Å². The van der Waals surface area contributed by atoms with Crippen molar-refractivity contribution in [2.75, 3.05) is 13.2 Å². The van der Waals surface area contributed by atoms with Crippen LogP contribution in [-0.2, 0) is 34.1 Å². The number of esters is 3. The van der Waals surface area contributed by atoms with Gasteiger partial charge in [0.15, 0.2) is 0 Å². The predicted molar refractivity (Wildman–Crippen MR) is 206 cm³/mol. The molecule has 0 aromatic heterocycles. The number of ether oxygens (including phenoxy) is 3. The molecule has 4 aliphatic rings. The molecule has 2 aromatic carbocycles. The number of aliphatic hydroxyl groups excluding tert-OH is 1. The zero-order valence-corrected chi connectivity index (χ0v) is 33.7. The number of carboxylic acids is 1. The molecule has 296 valence electrons. The summed E-state index contributed by atoms with van der Waals surface area (Å²) in [6.45, 7) is 14.5. The minimum atomic E-state index is -1.45. The van der Waals surface area contributed by atoms with Gasteiger partial charge in [0.1, 0.15) is 18.0 Å². The molecule has 4 fully saturated rings. The first-order valence-corrected chi connectivity index (χ1v) is 19.8. The molecule has 9 atom stereocenters. The highest BCUT2D eigenvalue weighted by Gasteiger charge is 2.65. The summed E-state index contributed by atoms with van der Waals surface area (Å²) in [5.74, 6) is -1.47. The van der Waals surface area contributed by atoms with Crippen LogP contribution in [0.5, 0.6) is 5.75 Å². The van der Waals surface area contributed by atoms with Gasteiger partial charge in [-0.1, -0.05) is 70.2 Å². The van der Waals surface area contributed by atoms with Crippen LogP contribution in [0, 0.1) is 33.5 Å². The Kier molecular flexibility index (Phi) is 11.8. The van der Waals surface area contributed by atoms with Crippen molar-refractivity contribution >= 4 is 23.9 Å². The third-order valence-electron chi connectivity index (χ3n) is 13.4. The third-order valence-corrected chi connectivity index (χ3v) is 13.4. The SMILES string of the molecule is CCC(C)(CC(C)(CC(C)(CC(C)(CC(C)c1ccc(OC(C)=O)cc1)C(=O)O)C(=O)OCCO)C(=O)OC12CC3CC1CC(C)(C3)C2)c1ccccc1. The number of aliphatic hydroxyl groups is 1. The zero-order chi connectivity index (χ0) is 39.7. The normalized spacial score (nSPS) is 27.8. The summed E-state index contributed by atoms with van der Waals surface area (Å²) in [5, 5.41) is 20.5. The number of hydrogen-bond donors (Lipinski definition) is 2. The standard InChI is InChI=1S/C45H62O9/c1-9-41(5,34-13-11-10-12-14-34)27-44(8,39(51)54-45-24-32-21-35(45)25-40(4,23-32)26-45)29-43(7,38(50)52-20-19-46)28-42(6,37(48)49)22-30(2)33-15-17-36(18-16-33)53-31(3)47/h10-18,30,32,35,46H,9,19-29H2,1-8H3,(H,48,49). The number of hydrogen-bond acceptors (Lipinski definition) is 8. The molecule has 4 aliphatic carbocycles. The van der Waals surface area contributed by atoms with Crippen LogP contribution in [0.4, 0.5) is 0 Å². The highest BCUT2D eigenvalue weighted by Crippen LogP contribution is 2.68. The molecule has 4 bridgehead atoms. The van der Waals surface area contributed by atoms with Crippen LogP contribution in [0.15, 0.2) is 54.6 Å². The second-order valence-corrected chi connectivity index (χ2v) is 18.8. The van der Waals surface area contributed by atoms with E-state index in [2.05, 4.69) is 32.9 Å². The predicted octanol–water partition coefficient (Wildman–Crippen LogP) is 8.79. The minimum Gasteiger partial charge on any atom is -0.481 e. The van der Waals surface area contributed by atoms with E-state index in [1.807, 2.05) is 44.2 Å². The van der Waals surface area contributed by atoms with E-state index >= 15 is 4.79 Å². The molecule has 4 saturated carbocycles. The minimum absolute atomic E-state index is 0.00128. The molecular weight excluding hydrogens is 684 g/mol. The lowest BCUT2D eigenvalue weighted by Crippen LogP contribution is -2.49. The molecule has 9 unspecified atom stereocenters. The number of rotatable bonds is 18. The molecule has 54 heavy (non-hydrogen) atoms. The quantitative estimate of drug-likeness (QED) is 0.113. The van der Waals surface area contributed by atoms with Gasteiger partial charge in [-0.2, -0.15) is 0 Å². The Balaban J connectivity index is 1.52. The molecule has 0 radical (unpaired) electrons. The highest BCUT2D eigenvalue weighted by atomic mass is 16.6. The molecular formula is C45H62O9. The fourth-order valence-corrected chi connectivity index (χ4v) is 11.3. The van der Waals surface area contributed by atoms with Crippen molar-refractivity contribution in [1.29, 1.82) is 0 Å². The number of aliphatic carboxylic acids is 1. The summed E-state index contributed by atoms with van der Waals surface area (Å²) in [5.41, 5.74) is -2.97. The van der Waals surface area contributed by atoms with Gasteiger partial charge in [0.25, 0.3) is 0 Å². The summed E-state index contributed by atoms with van der Waals surface area (Å²) in [6.07, 6.45) is 6.17. The summed E-state index contributed by atoms with van der Waals surface area (Å²) in [6, 6.07) is 17.1. The Labute approximate surface area is 321 Å². The topological polar surface area (TPSA) is 136 Å². The molecule has 6 rings (SSSR count). The van der Waals surface area contributed by atoms with Crippen LogP contribution in [0.1, 0.15) is 137 Å². The molecule has 2 aromatic rings. The van der Waals surface area contributed by atoms with E-state index in [1.54, 1.807) is 26.0 Å². The molecule has 0 amide bonds. The van der Waals surface area contributed by atoms with E-state index in [9.17, 15) is 24.6 Å². The summed E-state index contributed by atoms with van der Waals surface area (Å²) >= 11 is 0. The van der Waals surface area contributed by atoms with Gasteiger partial charge >= 0.3 is 23.9 Å². The Morgan fingerprint density at radius 2 is 1.50 bits per heavy atom. The summed E-state index contributed by atoms with van der Waals surface area (Å²) < 4.78 is 17.7. The first kappa shape index (κ1) is 41.4. The number of carbonyl (C=O) groups excluding carboxylic acids is 3. The van der Waals surface area contributed by atoms with Gasteiger partial charge in [0, 0.05) is 6.92 Å². The van der Waals surface area contributed by atoms with Gasteiger partial charge in [-0.3, -0.25) is 19.2 Å². The molecule has 0 aliphatic heterocycles. The second-order valence-electron chi connectivity index (χ2n) is 18.8. The first-order chi connectivity index (χ1) is 25.2. The summed E-state index contributed by atoms with van der Waals surface area (Å²) in [4.78, 5) is 54.2. The van der Waals surface area contributed by atoms with E-state index in [1.165, 1.54) is 13.3 Å². The maximum atomic E-state index is 15.1. The maximum absolute atomic E-state index is 15.1. The van der Waals surface area contributed by atoms with E-state index in [0.717, 1.165) is 43.2 Å². The van der Waals surface area contributed by atoms with Gasteiger partial charge in [-0.25, -0.2) is 0 Å². The van der Waals surface area contributed by atoms with Crippen molar-refractivity contribution in [3.63, 3.8) is 0 Å². The van der Waals surface area contributed by atoms with Crippen molar-refractivity contribution in [2.24, 2.45) is 33.5 Å². The number of carbonyl (C=O) groups is 4. The van der Waals surface area contributed by atoms with Crippen LogP contribution >= 0.6 is 0 Å². The molecule has 9 heteroatoms. The van der Waals surface area contributed by atoms with Crippen molar-refractivity contribution in [3.8, 4) is 5.75 Å². The van der Waals surface area contributed by atoms with Crippen molar-refractivity contribution < 1.29 is 43.6 Å². The average molecular weight is 747 g/mol. The Hall–Kier alpha value is -3.72. The second kappa shape index (κ2) is 15.4. The largest absolute Gasteiger partial charge is 0.481 e. The van der Waals surface area contributed by atoms with Gasteiger partial charge in [0.2, 0.25) is 0 Å². The van der Waals surface area contributed by atoms with E-state index < -0.39 is 45.2 Å². The fraction of sp³-hybridized carbons (Fsp3) is 0.644. The zero-order valence-electron chi connectivity index (χ0n) is 33.7. The Bertz CT molecular complexity index is 1690. The van der Waals surface area contributed by atoms with E-state index in [4.69, 9.17) is 14.2 Å². The van der Waals surface area contributed by atoms with Crippen molar-refractivity contribution in [2.45, 2.75) is 137 Å². The van der Waals surface area contributed by atoms with Gasteiger partial charge in [-0.05, 0) is 137 Å². The monoisotopic (exact) mass is 746 g/mol.